The van der Waals surface area contributed by atoms with E-state index >= 15 is 0 Å². The Balaban J connectivity index is 0.000000117. The van der Waals surface area contributed by atoms with Crippen LogP contribution in [-0.4, -0.2) is 101 Å². The zero-order valence-corrected chi connectivity index (χ0v) is 77.9. The van der Waals surface area contributed by atoms with Crippen molar-refractivity contribution in [3.8, 4) is 51.5 Å². The minimum Gasteiger partial charge on any atom is -0.324 e. The van der Waals surface area contributed by atoms with Gasteiger partial charge in [0, 0.05) is 128 Å². The number of thiophene rings is 2. The number of aromatic amines is 5. The van der Waals surface area contributed by atoms with Crippen LogP contribution in [0.3, 0.4) is 0 Å². The van der Waals surface area contributed by atoms with E-state index in [1.54, 1.807) is 53.4 Å². The van der Waals surface area contributed by atoms with Crippen molar-refractivity contribution in [3.05, 3.63) is 316 Å². The highest BCUT2D eigenvalue weighted by Crippen LogP contribution is 2.42. The molecule has 0 bridgehead atoms. The van der Waals surface area contributed by atoms with E-state index in [-0.39, 0.29) is 0 Å². The van der Waals surface area contributed by atoms with E-state index in [9.17, 15) is 0 Å². The summed E-state index contributed by atoms with van der Waals surface area (Å²) in [5.74, 6) is 11.3. The fourth-order valence-corrected chi connectivity index (χ4v) is 16.9. The number of fused-ring (bicyclic) bond motifs is 2. The summed E-state index contributed by atoms with van der Waals surface area (Å²) in [5.41, 5.74) is 16.3. The maximum atomic E-state index is 8.84. The van der Waals surface area contributed by atoms with E-state index in [1.165, 1.54) is 79.7 Å². The van der Waals surface area contributed by atoms with Crippen molar-refractivity contribution in [2.75, 3.05) is 53.2 Å². The minimum absolute atomic E-state index is 0.386. The number of anilines is 20. The molecule has 0 spiro atoms. The Morgan fingerprint density at radius 2 is 0.631 bits per heavy atom. The molecule has 0 atom stereocenters. The van der Waals surface area contributed by atoms with Crippen molar-refractivity contribution in [3.63, 3.8) is 0 Å². The monoisotopic (exact) mass is 1900 g/mol. The van der Waals surface area contributed by atoms with Gasteiger partial charge < -0.3 is 53.2 Å². The number of hydrogen-bond donors (Lipinski definition) is 15. The molecule has 15 N–H and O–H groups in total. The van der Waals surface area contributed by atoms with Gasteiger partial charge in [-0.25, -0.2) is 24.9 Å². The molecule has 3 saturated carbocycles. The molecule has 22 rings (SSSR count). The number of aromatic nitrogens is 20. The van der Waals surface area contributed by atoms with Crippen molar-refractivity contribution >= 4 is 161 Å². The third-order valence-electron chi connectivity index (χ3n) is 23.0. The highest BCUT2D eigenvalue weighted by Gasteiger charge is 2.27. The van der Waals surface area contributed by atoms with E-state index in [1.807, 2.05) is 212 Å². The maximum absolute atomic E-state index is 8.84. The van der Waals surface area contributed by atoms with Crippen LogP contribution in [0.25, 0.3) is 42.9 Å². The highest BCUT2D eigenvalue weighted by molar-refractivity contribution is 7.15. The minimum atomic E-state index is 0.386. The van der Waals surface area contributed by atoms with Gasteiger partial charge in [-0.1, -0.05) is 110 Å². The number of nitriles is 5. The summed E-state index contributed by atoms with van der Waals surface area (Å²) in [6, 6.07) is 88.5. The molecule has 141 heavy (non-hydrogen) atoms. The first-order chi connectivity index (χ1) is 69.3. The summed E-state index contributed by atoms with van der Waals surface area (Å²) in [4.78, 5) is 48.3. The van der Waals surface area contributed by atoms with Crippen molar-refractivity contribution < 1.29 is 0 Å². The number of nitrogens with one attached hydrogen (secondary N) is 15. The van der Waals surface area contributed by atoms with Crippen LogP contribution >= 0.6 is 22.7 Å². The Morgan fingerprint density at radius 3 is 0.972 bits per heavy atom. The molecule has 0 aliphatic heterocycles. The number of aryl methyl sites for hydroxylation is 1. The topological polar surface area (TPSA) is 512 Å². The molecule has 35 nitrogen and oxygen atoms in total. The van der Waals surface area contributed by atoms with Gasteiger partial charge in [-0.05, 0) is 200 Å². The molecular formula is C104H93N35S2. The second kappa shape index (κ2) is 45.6. The Kier molecular flexibility index (Phi) is 30.0. The van der Waals surface area contributed by atoms with Crippen molar-refractivity contribution in [2.24, 2.45) is 0 Å². The van der Waals surface area contributed by atoms with Gasteiger partial charge in [0.05, 0.1) is 94.6 Å². The fraction of sp³-hybridized carbons (Fsp3) is 0.173. The van der Waals surface area contributed by atoms with E-state index < -0.39 is 0 Å². The van der Waals surface area contributed by atoms with E-state index in [2.05, 4.69) is 211 Å². The first kappa shape index (κ1) is 92.8. The standard InChI is InChI=1S/C24H19N7S.C22H19N7.C20H21N7.C19H15N7S.C19H19N7/c1-15-6-11-21(32-15)20-14-22(31-30-20)28-23-18-4-2-3-5-19(18)27-24(29-23)26-17-9-7-16(8-10-17)12-13-25;23-12-11-14-5-9-16(10-6-14)24-22-25-18-4-2-1-3-17(18)21(27-22)26-20-13-19(28-29-20)15-7-8-15;21-11-9-14-5-7-16(8-6-14)23-20-22-12-10-18(25-20)24-19-13-17(26-27-19)15-3-1-2-4-15;20-9-7-13-3-5-14(6-4-13)22-19-21-10-8-17(24-19)23-18-12-15(25-26-18)16-2-1-11-27-16;20-10-8-13-4-6-15(7-5-13)22-19-21-11-9-17(24-19)23-18-12-16(25-26-18)14-2-1-3-14/h2-11,14H,12H2,1H3,(H3,26,27,28,29,30,31);1-6,9-10,13,15H,7-8,11H2,(H3,24,25,26,27,28,29);5-8,10,12-13,15H,1-4,9H2,(H3,22,23,24,25,26,27);1-6,8,10-12H,7H2,(H3,21,22,23,24,25,26);4-7,9,11-12,14H,1-3,8H2,(H3,21,22,23,24,25,26). The van der Waals surface area contributed by atoms with Gasteiger partial charge in [0.15, 0.2) is 29.1 Å². The van der Waals surface area contributed by atoms with Crippen molar-refractivity contribution in [2.45, 2.75) is 115 Å². The quantitative estimate of drug-likeness (QED) is 0.0199. The molecule has 3 aliphatic carbocycles. The van der Waals surface area contributed by atoms with Crippen LogP contribution < -0.4 is 53.2 Å². The fourth-order valence-electron chi connectivity index (χ4n) is 15.4. The lowest BCUT2D eigenvalue weighted by Gasteiger charge is -2.23. The lowest BCUT2D eigenvalue weighted by molar-refractivity contribution is 0.410. The number of rotatable bonds is 30. The molecule has 19 aromatic rings. The summed E-state index contributed by atoms with van der Waals surface area (Å²) in [6.07, 6.45) is 18.3. The zero-order chi connectivity index (χ0) is 96.3. The van der Waals surface area contributed by atoms with Crippen LogP contribution in [0.4, 0.5) is 116 Å². The van der Waals surface area contributed by atoms with Gasteiger partial charge in [0.1, 0.15) is 29.1 Å². The van der Waals surface area contributed by atoms with E-state index in [4.69, 9.17) is 31.3 Å². The first-order valence-electron chi connectivity index (χ1n) is 45.8. The van der Waals surface area contributed by atoms with Crippen LogP contribution in [0.1, 0.15) is 125 Å². The molecule has 7 aromatic carbocycles. The molecule has 3 fully saturated rings. The average molecular weight is 1900 g/mol. The lowest BCUT2D eigenvalue weighted by atomic mass is 9.83. The molecule has 12 heterocycles. The number of nitrogens with zero attached hydrogens (tertiary/aromatic N) is 20. The molecule has 0 saturated heterocycles. The van der Waals surface area contributed by atoms with Crippen LogP contribution in [0.5, 0.6) is 0 Å². The number of hydrogen-bond acceptors (Lipinski definition) is 32. The second-order valence-electron chi connectivity index (χ2n) is 33.3. The van der Waals surface area contributed by atoms with Crippen LogP contribution in [0.15, 0.2) is 267 Å². The van der Waals surface area contributed by atoms with Crippen LogP contribution in [0, 0.1) is 63.6 Å². The molecule has 3 aliphatic rings. The van der Waals surface area contributed by atoms with Crippen molar-refractivity contribution in [1.82, 2.24) is 101 Å². The third-order valence-corrected chi connectivity index (χ3v) is 24.9. The number of para-hydroxylation sites is 2. The Morgan fingerprint density at radius 1 is 0.298 bits per heavy atom. The van der Waals surface area contributed by atoms with E-state index in [0.29, 0.717) is 120 Å². The summed E-state index contributed by atoms with van der Waals surface area (Å²) >= 11 is 3.37. The summed E-state index contributed by atoms with van der Waals surface area (Å²) < 4.78 is 0. The largest absolute Gasteiger partial charge is 0.324 e. The smallest absolute Gasteiger partial charge is 0.229 e. The predicted octanol–water partition coefficient (Wildman–Crippen LogP) is 23.6. The van der Waals surface area contributed by atoms with Gasteiger partial charge in [-0.15, -0.1) is 22.7 Å². The van der Waals surface area contributed by atoms with Crippen molar-refractivity contribution in [1.29, 1.82) is 26.3 Å². The number of benzene rings is 7. The SMILES string of the molecule is Cc1ccc(-c2cc(Nc3nc(Nc4ccc(CC#N)cc4)nc4ccccc34)n[nH]2)s1.N#CCc1ccc(Nc2nc(Nc3cc(C4CC4)[nH]n3)c3ccccc3n2)cc1.N#CCc1ccc(Nc2nccc(Nc3cc(-c4cccs4)[nH]n3)n2)cc1.N#CCc1ccc(Nc2nccc(Nc3cc(C4CCC4)[nH]n3)n2)cc1.N#CCc1ccc(Nc2nccc(Nc3cc(C4CCCC4)[nH]n3)n2)cc1. The Bertz CT molecular complexity index is 7630. The van der Waals surface area contributed by atoms with Gasteiger partial charge in [0.25, 0.3) is 0 Å². The summed E-state index contributed by atoms with van der Waals surface area (Å²) in [5, 5.41) is 117. The van der Waals surface area contributed by atoms with Crippen LogP contribution in [-0.2, 0) is 32.1 Å². The second-order valence-corrected chi connectivity index (χ2v) is 35.5. The number of H-pyrrole nitrogens is 5. The molecule has 0 radical (unpaired) electrons. The zero-order valence-electron chi connectivity index (χ0n) is 76.3. The van der Waals surface area contributed by atoms with Gasteiger partial charge >= 0.3 is 0 Å². The Labute approximate surface area is 818 Å². The maximum Gasteiger partial charge on any atom is 0.229 e. The van der Waals surface area contributed by atoms with Gasteiger partial charge in [0.2, 0.25) is 29.7 Å². The first-order valence-corrected chi connectivity index (χ1v) is 47.5. The molecule has 0 amide bonds. The molecule has 696 valence electrons. The third kappa shape index (κ3) is 25.7. The van der Waals surface area contributed by atoms with Gasteiger partial charge in [-0.3, -0.25) is 25.5 Å². The predicted molar refractivity (Wildman–Crippen MR) is 551 cm³/mol. The normalized spacial score (nSPS) is 12.3. The molecule has 0 unspecified atom stereocenters. The van der Waals surface area contributed by atoms with E-state index in [0.717, 1.165) is 117 Å². The molecule has 37 heteroatoms. The van der Waals surface area contributed by atoms with Gasteiger partial charge in [-0.2, -0.15) is 76.7 Å². The Hall–Kier alpha value is -18.6. The summed E-state index contributed by atoms with van der Waals surface area (Å²) in [7, 11) is 0. The lowest BCUT2D eigenvalue weighted by Crippen LogP contribution is -2.08. The average Bonchev–Trinajstić information content (AvgIpc) is 1.76. The molecule has 12 aromatic heterocycles. The highest BCUT2D eigenvalue weighted by atomic mass is 32.1. The molecular weight excluding hydrogens is 1800 g/mol. The summed E-state index contributed by atoms with van der Waals surface area (Å²) in [6.45, 7) is 2.09. The van der Waals surface area contributed by atoms with Crippen LogP contribution in [0.2, 0.25) is 0 Å².